The molecule has 1 saturated heterocycles. The van der Waals surface area contributed by atoms with Gasteiger partial charge in [-0.1, -0.05) is 6.92 Å². The highest BCUT2D eigenvalue weighted by Gasteiger charge is 2.31. The number of hydrogen-bond donors (Lipinski definition) is 0. The molecule has 174 valence electrons. The lowest BCUT2D eigenvalue weighted by molar-refractivity contribution is -0.122. The van der Waals surface area contributed by atoms with Crippen LogP contribution in [0.4, 0.5) is 13.2 Å². The molecule has 1 aliphatic heterocycles. The molecule has 0 atom stereocenters. The summed E-state index contributed by atoms with van der Waals surface area (Å²) >= 11 is 0. The minimum Gasteiger partial charge on any atom is -0.473 e. The van der Waals surface area contributed by atoms with E-state index in [1.165, 1.54) is 22.6 Å². The molecule has 0 unspecified atom stereocenters. The number of carbonyl (C=O) groups is 1. The summed E-state index contributed by atoms with van der Waals surface area (Å²) in [6, 6.07) is 2.82. The van der Waals surface area contributed by atoms with E-state index in [0.717, 1.165) is 6.92 Å². The van der Waals surface area contributed by atoms with Crippen molar-refractivity contribution in [1.82, 2.24) is 9.29 Å². The smallest absolute Gasteiger partial charge is 0.245 e. The number of nitrogens with zero attached hydrogens (tertiary/aromatic N) is 2. The predicted molar refractivity (Wildman–Crippen MR) is 110 cm³/mol. The van der Waals surface area contributed by atoms with Gasteiger partial charge in [-0.05, 0) is 43.7 Å². The van der Waals surface area contributed by atoms with Crippen LogP contribution in [0.3, 0.4) is 0 Å². The highest BCUT2D eigenvalue weighted by Crippen LogP contribution is 2.27. The van der Waals surface area contributed by atoms with Crippen LogP contribution in [0.2, 0.25) is 0 Å². The van der Waals surface area contributed by atoms with E-state index in [2.05, 4.69) is 4.98 Å². The summed E-state index contributed by atoms with van der Waals surface area (Å²) in [5, 5.41) is 0. The van der Waals surface area contributed by atoms with Gasteiger partial charge in [0, 0.05) is 38.4 Å². The number of halogens is 3. The first kappa shape index (κ1) is 25.3. The lowest BCUT2D eigenvalue weighted by Crippen LogP contribution is -2.38. The van der Waals surface area contributed by atoms with Crippen LogP contribution < -0.4 is 4.74 Å². The molecule has 1 aliphatic rings. The number of sulfonamides is 1. The minimum absolute atomic E-state index is 0.00495. The summed E-state index contributed by atoms with van der Waals surface area (Å²) in [7, 11) is -3.74. The van der Waals surface area contributed by atoms with Crippen molar-refractivity contribution in [3.8, 4) is 5.88 Å². The molecule has 1 aromatic rings. The number of ketones is 1. The maximum absolute atomic E-state index is 12.9. The van der Waals surface area contributed by atoms with Crippen molar-refractivity contribution in [3.63, 3.8) is 0 Å². The average molecular weight is 463 g/mol. The summed E-state index contributed by atoms with van der Waals surface area (Å²) in [5.74, 6) is -2.88. The Morgan fingerprint density at radius 3 is 2.52 bits per heavy atom. The number of hydrogen-bond acceptors (Lipinski definition) is 5. The third-order valence-electron chi connectivity index (χ3n) is 5.29. The molecule has 0 saturated carbocycles. The number of piperidine rings is 1. The van der Waals surface area contributed by atoms with Gasteiger partial charge in [-0.15, -0.1) is 0 Å². The Kier molecular flexibility index (Phi) is 9.05. The highest BCUT2D eigenvalue weighted by molar-refractivity contribution is 7.89. The molecule has 0 N–H and O–H groups in total. The third kappa shape index (κ3) is 7.92. The molecule has 0 aliphatic carbocycles. The number of ether oxygens (including phenoxy) is 1. The second-order valence-corrected chi connectivity index (χ2v) is 9.84. The van der Waals surface area contributed by atoms with Gasteiger partial charge in [-0.25, -0.2) is 26.6 Å². The molecule has 0 aromatic carbocycles. The van der Waals surface area contributed by atoms with Gasteiger partial charge in [0.25, 0.3) is 0 Å². The quantitative estimate of drug-likeness (QED) is 0.483. The summed E-state index contributed by atoms with van der Waals surface area (Å²) in [6.45, 7) is 3.13. The van der Waals surface area contributed by atoms with Gasteiger partial charge < -0.3 is 4.74 Å². The molecule has 2 heterocycles. The second-order valence-electron chi connectivity index (χ2n) is 7.90. The van der Waals surface area contributed by atoms with E-state index >= 15 is 0 Å². The van der Waals surface area contributed by atoms with Crippen LogP contribution in [0.15, 0.2) is 35.1 Å². The van der Waals surface area contributed by atoms with E-state index in [1.54, 1.807) is 6.92 Å². The van der Waals surface area contributed by atoms with Crippen molar-refractivity contribution < 1.29 is 31.1 Å². The molecule has 0 bridgehead atoms. The van der Waals surface area contributed by atoms with Crippen LogP contribution in [0, 0.1) is 5.92 Å². The van der Waals surface area contributed by atoms with Gasteiger partial charge in [0.15, 0.2) is 0 Å². The van der Waals surface area contributed by atoms with Crippen molar-refractivity contribution in [2.45, 2.75) is 63.2 Å². The zero-order chi connectivity index (χ0) is 23.1. The Balaban J connectivity index is 1.87. The maximum atomic E-state index is 12.9. The Hall–Kier alpha value is -1.94. The van der Waals surface area contributed by atoms with Crippen molar-refractivity contribution in [2.75, 3.05) is 19.7 Å². The van der Waals surface area contributed by atoms with Gasteiger partial charge in [0.1, 0.15) is 17.3 Å². The Morgan fingerprint density at radius 1 is 1.32 bits per heavy atom. The van der Waals surface area contributed by atoms with Gasteiger partial charge in [-0.2, -0.15) is 4.31 Å². The average Bonchev–Trinajstić information content (AvgIpc) is 2.73. The molecule has 0 amide bonds. The SMILES string of the molecule is CC/C(=C/F)COc1ccc(S(=O)(=O)N2CCC(CC(=O)CCC(C)(F)F)CC2)cn1. The molecule has 0 spiro atoms. The number of aromatic nitrogens is 1. The van der Waals surface area contributed by atoms with Crippen LogP contribution in [0.25, 0.3) is 0 Å². The Labute approximate surface area is 181 Å². The van der Waals surface area contributed by atoms with Gasteiger partial charge in [-0.3, -0.25) is 4.79 Å². The molecule has 6 nitrogen and oxygen atoms in total. The molecule has 1 aromatic heterocycles. The number of rotatable bonds is 11. The number of alkyl halides is 2. The molecule has 2 rings (SSSR count). The zero-order valence-corrected chi connectivity index (χ0v) is 18.6. The van der Waals surface area contributed by atoms with Gasteiger partial charge in [0.05, 0.1) is 12.5 Å². The highest BCUT2D eigenvalue weighted by atomic mass is 32.2. The van der Waals surface area contributed by atoms with Crippen LogP contribution in [0.5, 0.6) is 5.88 Å². The van der Waals surface area contributed by atoms with E-state index in [4.69, 9.17) is 4.74 Å². The predicted octanol–water partition coefficient (Wildman–Crippen LogP) is 4.52. The van der Waals surface area contributed by atoms with Crippen LogP contribution in [-0.2, 0) is 14.8 Å². The molecule has 31 heavy (non-hydrogen) atoms. The number of carbonyl (C=O) groups excluding carboxylic acids is 1. The van der Waals surface area contributed by atoms with Gasteiger partial charge >= 0.3 is 0 Å². The van der Waals surface area contributed by atoms with Gasteiger partial charge in [0.2, 0.25) is 21.8 Å². The fourth-order valence-electron chi connectivity index (χ4n) is 3.27. The molecule has 0 radical (unpaired) electrons. The largest absolute Gasteiger partial charge is 0.473 e. The number of Topliss-reactive ketones (excluding diaryl/α,β-unsaturated/α-hetero) is 1. The van der Waals surface area contributed by atoms with Crippen LogP contribution in [-0.4, -0.2) is 49.1 Å². The molecular formula is C21H29F3N2O4S. The lowest BCUT2D eigenvalue weighted by Gasteiger charge is -2.31. The van der Waals surface area contributed by atoms with E-state index in [0.29, 0.717) is 31.2 Å². The van der Waals surface area contributed by atoms with Crippen LogP contribution in [0.1, 0.15) is 52.4 Å². The van der Waals surface area contributed by atoms with Crippen molar-refractivity contribution in [3.05, 3.63) is 30.2 Å². The monoisotopic (exact) mass is 462 g/mol. The molecular weight excluding hydrogens is 433 g/mol. The normalized spacial score (nSPS) is 17.0. The van der Waals surface area contributed by atoms with E-state index in [1.807, 2.05) is 0 Å². The fourth-order valence-corrected chi connectivity index (χ4v) is 4.68. The fraction of sp³-hybridized carbons (Fsp3) is 0.619. The van der Waals surface area contributed by atoms with Crippen LogP contribution >= 0.6 is 0 Å². The first-order chi connectivity index (χ1) is 14.5. The zero-order valence-electron chi connectivity index (χ0n) is 17.8. The van der Waals surface area contributed by atoms with E-state index < -0.39 is 22.4 Å². The molecule has 10 heteroatoms. The summed E-state index contributed by atoms with van der Waals surface area (Å²) in [6.07, 6.45) is 2.75. The first-order valence-electron chi connectivity index (χ1n) is 10.3. The molecule has 1 fully saturated rings. The summed E-state index contributed by atoms with van der Waals surface area (Å²) < 4.78 is 70.7. The maximum Gasteiger partial charge on any atom is 0.245 e. The third-order valence-corrected chi connectivity index (χ3v) is 7.18. The van der Waals surface area contributed by atoms with Crippen molar-refractivity contribution in [1.29, 1.82) is 0 Å². The van der Waals surface area contributed by atoms with Crippen molar-refractivity contribution >= 4 is 15.8 Å². The summed E-state index contributed by atoms with van der Waals surface area (Å²) in [4.78, 5) is 15.9. The standard InChI is InChI=1S/C21H29F3N2O4S/c1-3-16(13-22)15-30-20-5-4-19(14-25-20)31(28,29)26-10-7-17(8-11-26)12-18(27)6-9-21(2,23)24/h4-5,13-14,17H,3,6-12,15H2,1-2H3/b16-13-. The van der Waals surface area contributed by atoms with E-state index in [-0.39, 0.29) is 55.0 Å². The van der Waals surface area contributed by atoms with E-state index in [9.17, 15) is 26.4 Å². The Bertz CT molecular complexity index is 860. The minimum atomic E-state index is -3.74. The first-order valence-corrected chi connectivity index (χ1v) is 11.8. The Morgan fingerprint density at radius 2 is 2.00 bits per heavy atom. The van der Waals surface area contributed by atoms with Crippen molar-refractivity contribution in [2.24, 2.45) is 5.92 Å². The number of pyridine rings is 1. The lowest BCUT2D eigenvalue weighted by atomic mass is 9.91. The second kappa shape index (κ2) is 11.1. The topological polar surface area (TPSA) is 76.6 Å². The summed E-state index contributed by atoms with van der Waals surface area (Å²) in [5.41, 5.74) is 0.461.